The van der Waals surface area contributed by atoms with Crippen LogP contribution >= 0.6 is 0 Å². The van der Waals surface area contributed by atoms with Crippen LogP contribution in [0.15, 0.2) is 21.8 Å². The Kier molecular flexibility index (Phi) is 3.87. The number of hydrogen-bond acceptors (Lipinski definition) is 1. The fourth-order valence-electron chi connectivity index (χ4n) is 0.662. The van der Waals surface area contributed by atoms with Crippen molar-refractivity contribution in [2.45, 2.75) is 34.6 Å². The second-order valence-corrected chi connectivity index (χ2v) is 4.07. The van der Waals surface area contributed by atoms with Crippen molar-refractivity contribution in [2.24, 2.45) is 15.4 Å². The SMILES string of the molecule is C=N/C(=N\C=C(C)C)C(C)(C)C. The van der Waals surface area contributed by atoms with Crippen molar-refractivity contribution in [2.75, 3.05) is 0 Å². The van der Waals surface area contributed by atoms with Crippen LogP contribution in [0, 0.1) is 5.41 Å². The molecule has 0 saturated carbocycles. The summed E-state index contributed by atoms with van der Waals surface area (Å²) in [6, 6.07) is 0. The lowest BCUT2D eigenvalue weighted by molar-refractivity contribution is 0.585. The maximum absolute atomic E-state index is 4.24. The smallest absolute Gasteiger partial charge is 0.132 e. The molecule has 12 heavy (non-hydrogen) atoms. The molecule has 0 bridgehead atoms. The minimum absolute atomic E-state index is 0.0201. The zero-order valence-electron chi connectivity index (χ0n) is 8.68. The van der Waals surface area contributed by atoms with Gasteiger partial charge in [0.1, 0.15) is 5.84 Å². The lowest BCUT2D eigenvalue weighted by Crippen LogP contribution is -2.17. The molecule has 68 valence electrons. The van der Waals surface area contributed by atoms with E-state index in [1.165, 1.54) is 5.57 Å². The summed E-state index contributed by atoms with van der Waals surface area (Å²) >= 11 is 0. The molecule has 0 aromatic rings. The maximum atomic E-state index is 4.24. The first kappa shape index (κ1) is 11.1. The van der Waals surface area contributed by atoms with Gasteiger partial charge in [-0.2, -0.15) is 0 Å². The van der Waals surface area contributed by atoms with Crippen molar-refractivity contribution in [1.29, 1.82) is 0 Å². The lowest BCUT2D eigenvalue weighted by atomic mass is 9.95. The van der Waals surface area contributed by atoms with E-state index < -0.39 is 0 Å². The molecule has 0 spiro atoms. The van der Waals surface area contributed by atoms with Crippen LogP contribution in [0.4, 0.5) is 0 Å². The Balaban J connectivity index is 4.68. The third kappa shape index (κ3) is 4.06. The molecule has 0 aliphatic carbocycles. The molecule has 0 atom stereocenters. The van der Waals surface area contributed by atoms with Crippen molar-refractivity contribution < 1.29 is 0 Å². The van der Waals surface area contributed by atoms with Gasteiger partial charge in [-0.05, 0) is 20.6 Å². The van der Waals surface area contributed by atoms with Gasteiger partial charge in [-0.1, -0.05) is 26.3 Å². The lowest BCUT2D eigenvalue weighted by Gasteiger charge is -2.16. The fraction of sp³-hybridized carbons (Fsp3) is 0.600. The van der Waals surface area contributed by atoms with Crippen LogP contribution in [0.5, 0.6) is 0 Å². The molecule has 0 heterocycles. The van der Waals surface area contributed by atoms with Gasteiger partial charge >= 0.3 is 0 Å². The standard InChI is InChI=1S/C10H18N2/c1-8(2)7-12-9(11-6)10(3,4)5/h7H,6H2,1-5H3/b12-9-. The van der Waals surface area contributed by atoms with Gasteiger partial charge in [-0.25, -0.2) is 9.98 Å². The van der Waals surface area contributed by atoms with Crippen molar-refractivity contribution in [3.63, 3.8) is 0 Å². The molecule has 2 nitrogen and oxygen atoms in total. The molecule has 0 aromatic carbocycles. The highest BCUT2D eigenvalue weighted by Crippen LogP contribution is 2.16. The van der Waals surface area contributed by atoms with Crippen LogP contribution in [0.1, 0.15) is 34.6 Å². The summed E-state index contributed by atoms with van der Waals surface area (Å²) in [5.74, 6) is 0.781. The second-order valence-electron chi connectivity index (χ2n) is 4.07. The Bertz CT molecular complexity index is 212. The molecule has 0 saturated heterocycles. The molecule has 0 rings (SSSR count). The predicted octanol–water partition coefficient (Wildman–Crippen LogP) is 3.06. The van der Waals surface area contributed by atoms with E-state index in [1.807, 2.05) is 20.0 Å². The zero-order valence-corrected chi connectivity index (χ0v) is 8.68. The minimum Gasteiger partial charge on any atom is -0.249 e. The summed E-state index contributed by atoms with van der Waals surface area (Å²) in [5, 5.41) is 0. The van der Waals surface area contributed by atoms with Crippen molar-refractivity contribution in [3.05, 3.63) is 11.8 Å². The van der Waals surface area contributed by atoms with Gasteiger partial charge in [0.05, 0.1) is 0 Å². The maximum Gasteiger partial charge on any atom is 0.132 e. The molecule has 0 aliphatic heterocycles. The largest absolute Gasteiger partial charge is 0.249 e. The van der Waals surface area contributed by atoms with Gasteiger partial charge in [0.2, 0.25) is 0 Å². The van der Waals surface area contributed by atoms with E-state index in [1.54, 1.807) is 0 Å². The summed E-state index contributed by atoms with van der Waals surface area (Å²) < 4.78 is 0. The van der Waals surface area contributed by atoms with Crippen LogP contribution in [-0.4, -0.2) is 12.6 Å². The average molecular weight is 166 g/mol. The number of allylic oxidation sites excluding steroid dienone is 1. The molecule has 0 amide bonds. The van der Waals surface area contributed by atoms with Crippen LogP contribution in [0.25, 0.3) is 0 Å². The van der Waals surface area contributed by atoms with E-state index in [0.29, 0.717) is 0 Å². The van der Waals surface area contributed by atoms with Gasteiger partial charge in [0.15, 0.2) is 0 Å². The molecule has 0 fully saturated rings. The number of rotatable bonds is 1. The molecular formula is C10H18N2. The molecule has 0 unspecified atom stereocenters. The first-order chi connectivity index (χ1) is 5.38. The van der Waals surface area contributed by atoms with Crippen LogP contribution in [0.3, 0.4) is 0 Å². The first-order valence-electron chi connectivity index (χ1n) is 4.06. The van der Waals surface area contributed by atoms with E-state index in [9.17, 15) is 0 Å². The van der Waals surface area contributed by atoms with E-state index in [0.717, 1.165) is 5.84 Å². The third-order valence-corrected chi connectivity index (χ3v) is 1.27. The van der Waals surface area contributed by atoms with Crippen LogP contribution in [0.2, 0.25) is 0 Å². The Labute approximate surface area is 75.1 Å². The quantitative estimate of drug-likeness (QED) is 0.422. The van der Waals surface area contributed by atoms with Crippen LogP contribution in [-0.2, 0) is 0 Å². The van der Waals surface area contributed by atoms with Crippen LogP contribution < -0.4 is 0 Å². The van der Waals surface area contributed by atoms with Crippen molar-refractivity contribution in [1.82, 2.24) is 0 Å². The predicted molar refractivity (Wildman–Crippen MR) is 55.9 cm³/mol. The number of amidine groups is 1. The topological polar surface area (TPSA) is 24.7 Å². The molecular weight excluding hydrogens is 148 g/mol. The van der Waals surface area contributed by atoms with Gasteiger partial charge in [0, 0.05) is 11.6 Å². The normalized spacial score (nSPS) is 12.6. The molecule has 0 aliphatic rings. The average Bonchev–Trinajstić information content (AvgIpc) is 1.85. The Morgan fingerprint density at radius 2 is 1.75 bits per heavy atom. The Morgan fingerprint density at radius 3 is 2.00 bits per heavy atom. The summed E-state index contributed by atoms with van der Waals surface area (Å²) in [6.45, 7) is 13.7. The molecule has 0 aromatic heterocycles. The summed E-state index contributed by atoms with van der Waals surface area (Å²) in [6.07, 6.45) is 1.81. The number of nitrogens with zero attached hydrogens (tertiary/aromatic N) is 2. The van der Waals surface area contributed by atoms with E-state index >= 15 is 0 Å². The summed E-state index contributed by atoms with van der Waals surface area (Å²) in [7, 11) is 0. The van der Waals surface area contributed by atoms with Gasteiger partial charge in [-0.15, -0.1) is 0 Å². The van der Waals surface area contributed by atoms with Gasteiger partial charge < -0.3 is 0 Å². The third-order valence-electron chi connectivity index (χ3n) is 1.27. The highest BCUT2D eigenvalue weighted by atomic mass is 14.9. The van der Waals surface area contributed by atoms with Gasteiger partial charge in [0.25, 0.3) is 0 Å². The monoisotopic (exact) mass is 166 g/mol. The molecule has 0 N–H and O–H groups in total. The minimum atomic E-state index is -0.0201. The number of hydrogen-bond donors (Lipinski definition) is 0. The van der Waals surface area contributed by atoms with Crippen molar-refractivity contribution >= 4 is 12.6 Å². The zero-order chi connectivity index (χ0) is 9.78. The first-order valence-corrected chi connectivity index (χ1v) is 4.06. The summed E-state index contributed by atoms with van der Waals surface area (Å²) in [5.41, 5.74) is 1.15. The van der Waals surface area contributed by atoms with Crippen molar-refractivity contribution in [3.8, 4) is 0 Å². The highest BCUT2D eigenvalue weighted by Gasteiger charge is 2.16. The molecule has 0 radical (unpaired) electrons. The molecule has 2 heteroatoms. The highest BCUT2D eigenvalue weighted by molar-refractivity contribution is 5.91. The van der Waals surface area contributed by atoms with E-state index in [2.05, 4.69) is 37.5 Å². The van der Waals surface area contributed by atoms with Gasteiger partial charge in [-0.3, -0.25) is 0 Å². The Morgan fingerprint density at radius 1 is 1.25 bits per heavy atom. The summed E-state index contributed by atoms with van der Waals surface area (Å²) in [4.78, 5) is 8.13. The fourth-order valence-corrected chi connectivity index (χ4v) is 0.662. The second kappa shape index (κ2) is 4.19. The Hall–Kier alpha value is -0.920. The van der Waals surface area contributed by atoms with E-state index in [-0.39, 0.29) is 5.41 Å². The number of aliphatic imine (C=N–C) groups is 2. The van der Waals surface area contributed by atoms with E-state index in [4.69, 9.17) is 0 Å².